The zero-order chi connectivity index (χ0) is 19.4. The SMILES string of the molecule is CC(C)Oc1ccc(NC2NCCC(=O)N2Cc2ccc(Cl)cc2)cc1F. The van der Waals surface area contributed by atoms with Gasteiger partial charge in [0.1, 0.15) is 0 Å². The highest BCUT2D eigenvalue weighted by Crippen LogP contribution is 2.24. The van der Waals surface area contributed by atoms with E-state index in [2.05, 4.69) is 10.6 Å². The highest BCUT2D eigenvalue weighted by molar-refractivity contribution is 6.30. The number of anilines is 1. The summed E-state index contributed by atoms with van der Waals surface area (Å²) in [6, 6.07) is 12.1. The van der Waals surface area contributed by atoms with Crippen LogP contribution in [0.5, 0.6) is 5.75 Å². The Kier molecular flexibility index (Phi) is 6.19. The van der Waals surface area contributed by atoms with Gasteiger partial charge in [0.15, 0.2) is 17.9 Å². The number of nitrogens with one attached hydrogen (secondary N) is 2. The summed E-state index contributed by atoms with van der Waals surface area (Å²) in [5.41, 5.74) is 1.53. The van der Waals surface area contributed by atoms with E-state index in [-0.39, 0.29) is 17.8 Å². The molecule has 0 aromatic heterocycles. The van der Waals surface area contributed by atoms with Crippen LogP contribution in [0.2, 0.25) is 5.02 Å². The first-order valence-corrected chi connectivity index (χ1v) is 9.30. The lowest BCUT2D eigenvalue weighted by Gasteiger charge is -2.37. The third-order valence-corrected chi connectivity index (χ3v) is 4.42. The number of carbonyl (C=O) groups is 1. The molecule has 27 heavy (non-hydrogen) atoms. The van der Waals surface area contributed by atoms with Gasteiger partial charge in [0.05, 0.1) is 6.10 Å². The Balaban J connectivity index is 1.74. The number of carbonyl (C=O) groups excluding carboxylic acids is 1. The van der Waals surface area contributed by atoms with Crippen LogP contribution in [-0.2, 0) is 11.3 Å². The molecule has 0 radical (unpaired) electrons. The van der Waals surface area contributed by atoms with E-state index in [0.29, 0.717) is 30.2 Å². The molecule has 0 aliphatic carbocycles. The predicted molar refractivity (Wildman–Crippen MR) is 104 cm³/mol. The van der Waals surface area contributed by atoms with Crippen molar-refractivity contribution in [2.75, 3.05) is 11.9 Å². The Bertz CT molecular complexity index is 798. The Morgan fingerprint density at radius 1 is 1.30 bits per heavy atom. The first-order valence-electron chi connectivity index (χ1n) is 8.92. The molecule has 1 saturated heterocycles. The maximum absolute atomic E-state index is 14.2. The molecular weight excluding hydrogens is 369 g/mol. The maximum atomic E-state index is 14.2. The first kappa shape index (κ1) is 19.5. The minimum Gasteiger partial charge on any atom is -0.488 e. The van der Waals surface area contributed by atoms with Gasteiger partial charge in [-0.05, 0) is 43.7 Å². The number of benzene rings is 2. The fraction of sp³-hybridized carbons (Fsp3) is 0.350. The van der Waals surface area contributed by atoms with Gasteiger partial charge in [0.2, 0.25) is 5.91 Å². The van der Waals surface area contributed by atoms with Gasteiger partial charge < -0.3 is 15.0 Å². The highest BCUT2D eigenvalue weighted by Gasteiger charge is 2.27. The van der Waals surface area contributed by atoms with Crippen molar-refractivity contribution in [3.63, 3.8) is 0 Å². The zero-order valence-electron chi connectivity index (χ0n) is 15.3. The lowest BCUT2D eigenvalue weighted by Crippen LogP contribution is -2.57. The lowest BCUT2D eigenvalue weighted by molar-refractivity contribution is -0.136. The number of rotatable bonds is 6. The van der Waals surface area contributed by atoms with E-state index in [1.54, 1.807) is 29.2 Å². The molecular formula is C20H23ClFN3O2. The van der Waals surface area contributed by atoms with Crippen LogP contribution in [0.25, 0.3) is 0 Å². The van der Waals surface area contributed by atoms with Crippen LogP contribution in [0.3, 0.4) is 0 Å². The fourth-order valence-corrected chi connectivity index (χ4v) is 3.03. The van der Waals surface area contributed by atoms with Crippen molar-refractivity contribution in [2.24, 2.45) is 0 Å². The van der Waals surface area contributed by atoms with Crippen LogP contribution in [0.4, 0.5) is 10.1 Å². The summed E-state index contributed by atoms with van der Waals surface area (Å²) in [6.45, 7) is 4.68. The molecule has 1 aliphatic heterocycles. The summed E-state index contributed by atoms with van der Waals surface area (Å²) in [6.07, 6.45) is -0.120. The molecule has 1 aliphatic rings. The van der Waals surface area contributed by atoms with Gasteiger partial charge in [0.25, 0.3) is 0 Å². The average molecular weight is 392 g/mol. The lowest BCUT2D eigenvalue weighted by atomic mass is 10.2. The first-order chi connectivity index (χ1) is 12.9. The third kappa shape index (κ3) is 5.11. The van der Waals surface area contributed by atoms with Gasteiger partial charge in [-0.1, -0.05) is 23.7 Å². The molecule has 1 heterocycles. The van der Waals surface area contributed by atoms with E-state index >= 15 is 0 Å². The maximum Gasteiger partial charge on any atom is 0.226 e. The van der Waals surface area contributed by atoms with E-state index in [1.807, 2.05) is 26.0 Å². The van der Waals surface area contributed by atoms with E-state index < -0.39 is 12.1 Å². The van der Waals surface area contributed by atoms with Crippen LogP contribution in [0, 0.1) is 5.82 Å². The number of nitrogens with zero attached hydrogens (tertiary/aromatic N) is 1. The summed E-state index contributed by atoms with van der Waals surface area (Å²) in [7, 11) is 0. The van der Waals surface area contributed by atoms with Crippen LogP contribution >= 0.6 is 11.6 Å². The Hall–Kier alpha value is -2.31. The third-order valence-electron chi connectivity index (χ3n) is 4.17. The molecule has 2 aromatic carbocycles. The van der Waals surface area contributed by atoms with Crippen molar-refractivity contribution in [1.29, 1.82) is 0 Å². The molecule has 0 bridgehead atoms. The molecule has 1 fully saturated rings. The largest absolute Gasteiger partial charge is 0.488 e. The summed E-state index contributed by atoms with van der Waals surface area (Å²) >= 11 is 5.93. The average Bonchev–Trinajstić information content (AvgIpc) is 2.62. The number of halogens is 2. The van der Waals surface area contributed by atoms with E-state index in [1.165, 1.54) is 6.07 Å². The van der Waals surface area contributed by atoms with E-state index in [4.69, 9.17) is 16.3 Å². The summed E-state index contributed by atoms with van der Waals surface area (Å²) in [5, 5.41) is 7.10. The predicted octanol–water partition coefficient (Wildman–Crippen LogP) is 3.98. The second-order valence-electron chi connectivity index (χ2n) is 6.71. The van der Waals surface area contributed by atoms with Crippen molar-refractivity contribution in [2.45, 2.75) is 39.2 Å². The molecule has 0 saturated carbocycles. The Morgan fingerprint density at radius 3 is 2.70 bits per heavy atom. The Morgan fingerprint density at radius 2 is 2.04 bits per heavy atom. The van der Waals surface area contributed by atoms with E-state index in [0.717, 1.165) is 5.56 Å². The fourth-order valence-electron chi connectivity index (χ4n) is 2.91. The number of hydrogen-bond acceptors (Lipinski definition) is 4. The highest BCUT2D eigenvalue weighted by atomic mass is 35.5. The quantitative estimate of drug-likeness (QED) is 0.782. The van der Waals surface area contributed by atoms with Gasteiger partial charge in [0, 0.05) is 36.3 Å². The van der Waals surface area contributed by atoms with Gasteiger partial charge in [-0.15, -0.1) is 0 Å². The number of ether oxygens (including phenoxy) is 1. The molecule has 2 N–H and O–H groups in total. The second-order valence-corrected chi connectivity index (χ2v) is 7.15. The molecule has 7 heteroatoms. The smallest absolute Gasteiger partial charge is 0.226 e. The molecule has 1 unspecified atom stereocenters. The van der Waals surface area contributed by atoms with Crippen LogP contribution in [-0.4, -0.2) is 29.7 Å². The minimum absolute atomic E-state index is 0.0291. The molecule has 2 aromatic rings. The van der Waals surface area contributed by atoms with Gasteiger partial charge >= 0.3 is 0 Å². The second kappa shape index (κ2) is 8.59. The summed E-state index contributed by atoms with van der Waals surface area (Å²) in [5.74, 6) is -0.206. The molecule has 1 atom stereocenters. The standard InChI is InChI=1S/C20H23ClFN3O2/c1-13(2)27-18-8-7-16(11-17(18)22)24-20-23-10-9-19(26)25(20)12-14-3-5-15(21)6-4-14/h3-8,11,13,20,23-24H,9-10,12H2,1-2H3. The monoisotopic (exact) mass is 391 g/mol. The minimum atomic E-state index is -0.444. The molecule has 5 nitrogen and oxygen atoms in total. The Labute approximate surface area is 163 Å². The van der Waals surface area contributed by atoms with Crippen molar-refractivity contribution in [3.8, 4) is 5.75 Å². The van der Waals surface area contributed by atoms with Crippen LogP contribution in [0.1, 0.15) is 25.8 Å². The van der Waals surface area contributed by atoms with Crippen molar-refractivity contribution >= 4 is 23.2 Å². The van der Waals surface area contributed by atoms with Crippen molar-refractivity contribution in [3.05, 3.63) is 58.9 Å². The molecule has 144 valence electrons. The van der Waals surface area contributed by atoms with Crippen molar-refractivity contribution < 1.29 is 13.9 Å². The molecule has 3 rings (SSSR count). The molecule has 1 amide bonds. The van der Waals surface area contributed by atoms with Gasteiger partial charge in [-0.25, -0.2) is 4.39 Å². The van der Waals surface area contributed by atoms with Crippen LogP contribution in [0.15, 0.2) is 42.5 Å². The zero-order valence-corrected chi connectivity index (χ0v) is 16.1. The summed E-state index contributed by atoms with van der Waals surface area (Å²) in [4.78, 5) is 14.1. The topological polar surface area (TPSA) is 53.6 Å². The summed E-state index contributed by atoms with van der Waals surface area (Å²) < 4.78 is 19.7. The number of hydrogen-bond donors (Lipinski definition) is 2. The van der Waals surface area contributed by atoms with E-state index in [9.17, 15) is 9.18 Å². The van der Waals surface area contributed by atoms with Gasteiger partial charge in [-0.2, -0.15) is 0 Å². The van der Waals surface area contributed by atoms with Crippen LogP contribution < -0.4 is 15.4 Å². The normalized spacial score (nSPS) is 17.3. The number of amides is 1. The van der Waals surface area contributed by atoms with Gasteiger partial charge in [-0.3, -0.25) is 10.1 Å². The van der Waals surface area contributed by atoms with Crippen molar-refractivity contribution in [1.82, 2.24) is 10.2 Å². The molecule has 0 spiro atoms.